The summed E-state index contributed by atoms with van der Waals surface area (Å²) >= 11 is 0. The first-order chi connectivity index (χ1) is 12.3. The monoisotopic (exact) mass is 335 g/mol. The number of aromatic hydroxyl groups is 1. The zero-order chi connectivity index (χ0) is 17.1. The van der Waals surface area contributed by atoms with E-state index in [0.29, 0.717) is 5.75 Å². The minimum absolute atomic E-state index is 0.285. The number of imidazole rings is 1. The average Bonchev–Trinajstić information content (AvgIpc) is 3.18. The number of hydrogen-bond donors (Lipinski definition) is 2. The van der Waals surface area contributed by atoms with Crippen molar-refractivity contribution in [3.63, 3.8) is 0 Å². The fourth-order valence-corrected chi connectivity index (χ4v) is 3.20. The van der Waals surface area contributed by atoms with Crippen LogP contribution in [0.25, 0.3) is 5.82 Å². The molecule has 2 aromatic heterocycles. The van der Waals surface area contributed by atoms with E-state index in [2.05, 4.69) is 26.3 Å². The van der Waals surface area contributed by atoms with Crippen molar-refractivity contribution in [2.45, 2.75) is 12.6 Å². The third-order valence-corrected chi connectivity index (χ3v) is 4.54. The van der Waals surface area contributed by atoms with Gasteiger partial charge in [-0.25, -0.2) is 9.97 Å². The predicted molar refractivity (Wildman–Crippen MR) is 95.5 cm³/mol. The van der Waals surface area contributed by atoms with E-state index in [1.165, 1.54) is 11.1 Å². The molecule has 128 valence electrons. The maximum atomic E-state index is 9.45. The van der Waals surface area contributed by atoms with Crippen LogP contribution in [0.3, 0.4) is 0 Å². The van der Waals surface area contributed by atoms with E-state index in [4.69, 9.17) is 0 Å². The second-order valence-corrected chi connectivity index (χ2v) is 6.33. The quantitative estimate of drug-likeness (QED) is 0.764. The Labute approximate surface area is 146 Å². The van der Waals surface area contributed by atoms with Gasteiger partial charge < -0.3 is 10.4 Å². The molecule has 3 aromatic rings. The van der Waals surface area contributed by atoms with Crippen LogP contribution in [0.2, 0.25) is 0 Å². The summed E-state index contributed by atoms with van der Waals surface area (Å²) in [6, 6.07) is 11.9. The fraction of sp³-hybridized carbons (Fsp3) is 0.263. The van der Waals surface area contributed by atoms with Gasteiger partial charge in [-0.1, -0.05) is 18.2 Å². The highest BCUT2D eigenvalue weighted by molar-refractivity contribution is 5.29. The van der Waals surface area contributed by atoms with E-state index in [9.17, 15) is 5.11 Å². The van der Waals surface area contributed by atoms with Crippen LogP contribution in [0, 0.1) is 0 Å². The Morgan fingerprint density at radius 2 is 2.04 bits per heavy atom. The summed E-state index contributed by atoms with van der Waals surface area (Å²) in [6.07, 6.45) is 7.33. The molecule has 3 heterocycles. The second kappa shape index (κ2) is 7.04. The number of benzene rings is 1. The molecule has 6 nitrogen and oxygen atoms in total. The molecule has 1 saturated heterocycles. The molecule has 1 aliphatic heterocycles. The molecule has 6 heteroatoms. The van der Waals surface area contributed by atoms with Crippen molar-refractivity contribution in [1.82, 2.24) is 24.8 Å². The summed E-state index contributed by atoms with van der Waals surface area (Å²) in [5.41, 5.74) is 2.41. The molecule has 4 rings (SSSR count). The van der Waals surface area contributed by atoms with Gasteiger partial charge in [0.2, 0.25) is 0 Å². The molecule has 1 aliphatic rings. The third-order valence-electron chi connectivity index (χ3n) is 4.54. The molecule has 1 unspecified atom stereocenters. The highest BCUT2D eigenvalue weighted by Gasteiger charge is 2.20. The van der Waals surface area contributed by atoms with Gasteiger partial charge in [-0.15, -0.1) is 0 Å². The van der Waals surface area contributed by atoms with E-state index in [0.717, 1.165) is 32.0 Å². The maximum absolute atomic E-state index is 9.45. The average molecular weight is 335 g/mol. The van der Waals surface area contributed by atoms with Crippen LogP contribution in [0.1, 0.15) is 17.2 Å². The van der Waals surface area contributed by atoms with Gasteiger partial charge in [0.05, 0.1) is 0 Å². The molecule has 0 radical (unpaired) electrons. The smallest absolute Gasteiger partial charge is 0.137 e. The lowest BCUT2D eigenvalue weighted by molar-refractivity contribution is 0.193. The van der Waals surface area contributed by atoms with Crippen LogP contribution in [-0.4, -0.2) is 44.2 Å². The molecule has 1 fully saturated rings. The molecule has 0 aliphatic carbocycles. The van der Waals surface area contributed by atoms with Crippen molar-refractivity contribution >= 4 is 0 Å². The van der Waals surface area contributed by atoms with Crippen LogP contribution in [0.5, 0.6) is 5.75 Å². The van der Waals surface area contributed by atoms with E-state index in [1.807, 2.05) is 35.2 Å². The Hall–Kier alpha value is -2.70. The Morgan fingerprint density at radius 1 is 1.16 bits per heavy atom. The van der Waals surface area contributed by atoms with Crippen molar-refractivity contribution in [3.8, 4) is 11.6 Å². The summed E-state index contributed by atoms with van der Waals surface area (Å²) in [5.74, 6) is 1.18. The van der Waals surface area contributed by atoms with Gasteiger partial charge >= 0.3 is 0 Å². The molecule has 2 N–H and O–H groups in total. The molecular formula is C19H21N5O. The number of piperazine rings is 1. The number of nitrogens with one attached hydrogen (secondary N) is 1. The Morgan fingerprint density at radius 3 is 2.76 bits per heavy atom. The van der Waals surface area contributed by atoms with Gasteiger partial charge in [0.25, 0.3) is 0 Å². The van der Waals surface area contributed by atoms with E-state index >= 15 is 0 Å². The van der Waals surface area contributed by atoms with Gasteiger partial charge in [0, 0.05) is 50.8 Å². The van der Waals surface area contributed by atoms with Crippen molar-refractivity contribution in [2.75, 3.05) is 19.6 Å². The van der Waals surface area contributed by atoms with Crippen molar-refractivity contribution in [1.29, 1.82) is 0 Å². The topological polar surface area (TPSA) is 66.2 Å². The normalized spacial score (nSPS) is 18.3. The Bertz CT molecular complexity index is 799. The van der Waals surface area contributed by atoms with E-state index in [-0.39, 0.29) is 6.04 Å². The van der Waals surface area contributed by atoms with E-state index < -0.39 is 0 Å². The van der Waals surface area contributed by atoms with Gasteiger partial charge in [-0.05, 0) is 29.3 Å². The number of rotatable bonds is 4. The lowest BCUT2D eigenvalue weighted by atomic mass is 10.0. The van der Waals surface area contributed by atoms with Gasteiger partial charge in [-0.3, -0.25) is 9.47 Å². The summed E-state index contributed by atoms with van der Waals surface area (Å²) in [7, 11) is 0. The molecule has 0 bridgehead atoms. The van der Waals surface area contributed by atoms with Crippen molar-refractivity contribution < 1.29 is 5.11 Å². The molecule has 0 amide bonds. The largest absolute Gasteiger partial charge is 0.508 e. The SMILES string of the molecule is Oc1ccc(C2CN(Cc3ccc(-n4ccnc4)nc3)CCN2)cc1. The lowest BCUT2D eigenvalue weighted by Gasteiger charge is -2.34. The highest BCUT2D eigenvalue weighted by atomic mass is 16.3. The summed E-state index contributed by atoms with van der Waals surface area (Å²) in [4.78, 5) is 11.0. The molecule has 1 atom stereocenters. The van der Waals surface area contributed by atoms with Crippen LogP contribution in [-0.2, 0) is 6.54 Å². The minimum atomic E-state index is 0.285. The summed E-state index contributed by atoms with van der Waals surface area (Å²) < 4.78 is 1.90. The number of aromatic nitrogens is 3. The molecule has 0 spiro atoms. The van der Waals surface area contributed by atoms with Crippen LogP contribution < -0.4 is 5.32 Å². The van der Waals surface area contributed by atoms with Crippen molar-refractivity contribution in [3.05, 3.63) is 72.4 Å². The zero-order valence-corrected chi connectivity index (χ0v) is 13.9. The Kier molecular flexibility index (Phi) is 4.45. The Balaban J connectivity index is 1.41. The molecule has 0 saturated carbocycles. The number of pyridine rings is 1. The summed E-state index contributed by atoms with van der Waals surface area (Å²) in [6.45, 7) is 3.78. The van der Waals surface area contributed by atoms with Gasteiger partial charge in [0.15, 0.2) is 0 Å². The second-order valence-electron chi connectivity index (χ2n) is 6.33. The van der Waals surface area contributed by atoms with E-state index in [1.54, 1.807) is 24.7 Å². The van der Waals surface area contributed by atoms with Gasteiger partial charge in [0.1, 0.15) is 17.9 Å². The minimum Gasteiger partial charge on any atom is -0.508 e. The molecule has 1 aromatic carbocycles. The third kappa shape index (κ3) is 3.70. The lowest BCUT2D eigenvalue weighted by Crippen LogP contribution is -2.45. The number of phenolic OH excluding ortho intramolecular Hbond substituents is 1. The number of phenols is 1. The molecular weight excluding hydrogens is 314 g/mol. The van der Waals surface area contributed by atoms with Gasteiger partial charge in [-0.2, -0.15) is 0 Å². The first-order valence-corrected chi connectivity index (χ1v) is 8.46. The van der Waals surface area contributed by atoms with Crippen LogP contribution in [0.15, 0.2) is 61.3 Å². The van der Waals surface area contributed by atoms with Crippen LogP contribution >= 0.6 is 0 Å². The summed E-state index contributed by atoms with van der Waals surface area (Å²) in [5, 5.41) is 13.0. The predicted octanol–water partition coefficient (Wildman–Crippen LogP) is 2.12. The number of nitrogens with zero attached hydrogens (tertiary/aromatic N) is 4. The standard InChI is InChI=1S/C19H21N5O/c25-17-4-2-16(3-5-17)18-13-23(9-8-21-18)12-15-1-6-19(22-11-15)24-10-7-20-14-24/h1-7,10-11,14,18,21,25H,8-9,12-13H2. The first kappa shape index (κ1) is 15.8. The maximum Gasteiger partial charge on any atom is 0.137 e. The first-order valence-electron chi connectivity index (χ1n) is 8.46. The fourth-order valence-electron chi connectivity index (χ4n) is 3.20. The zero-order valence-electron chi connectivity index (χ0n) is 13.9. The molecule has 25 heavy (non-hydrogen) atoms. The highest BCUT2D eigenvalue weighted by Crippen LogP contribution is 2.21. The van der Waals surface area contributed by atoms with Crippen molar-refractivity contribution in [2.24, 2.45) is 0 Å². The number of hydrogen-bond acceptors (Lipinski definition) is 5. The van der Waals surface area contributed by atoms with Crippen LogP contribution in [0.4, 0.5) is 0 Å².